The summed E-state index contributed by atoms with van der Waals surface area (Å²) in [6.07, 6.45) is 0. The van der Waals surface area contributed by atoms with Crippen molar-refractivity contribution >= 4 is 46.8 Å². The lowest BCUT2D eigenvalue weighted by atomic mass is 10.2. The molecule has 0 saturated carbocycles. The van der Waals surface area contributed by atoms with Gasteiger partial charge in [-0.05, 0) is 36.4 Å². The van der Waals surface area contributed by atoms with Crippen LogP contribution in [0.4, 0.5) is 5.69 Å². The Morgan fingerprint density at radius 2 is 1.77 bits per heavy atom. The van der Waals surface area contributed by atoms with Crippen LogP contribution in [0.25, 0.3) is 11.5 Å². The molecule has 0 atom stereocenters. The number of para-hydroxylation sites is 1. The van der Waals surface area contributed by atoms with Gasteiger partial charge in [-0.2, -0.15) is 0 Å². The fraction of sp³-hybridized carbons (Fsp3) is 0.150. The van der Waals surface area contributed by atoms with Gasteiger partial charge >= 0.3 is 0 Å². The first-order chi connectivity index (χ1) is 15.0. The smallest absolute Gasteiger partial charge is 0.277 e. The molecule has 9 nitrogen and oxygen atoms in total. The molecule has 0 spiro atoms. The monoisotopic (exact) mass is 457 g/mol. The molecular formula is C20H16ClN5O4S. The van der Waals surface area contributed by atoms with Gasteiger partial charge in [0.1, 0.15) is 13.1 Å². The number of hydrazine groups is 1. The molecule has 1 aliphatic heterocycles. The fourth-order valence-electron chi connectivity index (χ4n) is 2.85. The zero-order valence-electron chi connectivity index (χ0n) is 16.0. The van der Waals surface area contributed by atoms with Crippen molar-refractivity contribution in [2.45, 2.75) is 5.22 Å². The molecule has 0 aliphatic carbocycles. The lowest BCUT2D eigenvalue weighted by molar-refractivity contribution is -0.145. The molecule has 2 heterocycles. The summed E-state index contributed by atoms with van der Waals surface area (Å²) in [6.45, 7) is -0.393. The number of benzene rings is 2. The molecule has 0 unspecified atom stereocenters. The average molecular weight is 458 g/mol. The van der Waals surface area contributed by atoms with Gasteiger partial charge in [0.05, 0.1) is 5.75 Å². The van der Waals surface area contributed by atoms with Gasteiger partial charge in [-0.1, -0.05) is 41.6 Å². The van der Waals surface area contributed by atoms with Gasteiger partial charge < -0.3 is 9.32 Å². The number of carbonyl (C=O) groups is 3. The van der Waals surface area contributed by atoms with Crippen LogP contribution in [0.15, 0.2) is 64.2 Å². The molecule has 1 fully saturated rings. The number of hydrogen-bond acceptors (Lipinski definition) is 7. The van der Waals surface area contributed by atoms with E-state index >= 15 is 0 Å². The molecule has 3 amide bonds. The Morgan fingerprint density at radius 1 is 1.03 bits per heavy atom. The fourth-order valence-corrected chi connectivity index (χ4v) is 3.53. The van der Waals surface area contributed by atoms with E-state index in [0.717, 1.165) is 16.8 Å². The number of piperazine rings is 1. The normalized spacial score (nSPS) is 14.1. The van der Waals surface area contributed by atoms with Crippen molar-refractivity contribution in [2.24, 2.45) is 0 Å². The zero-order chi connectivity index (χ0) is 21.8. The van der Waals surface area contributed by atoms with E-state index in [9.17, 15) is 14.4 Å². The van der Waals surface area contributed by atoms with E-state index in [1.807, 2.05) is 6.07 Å². The maximum Gasteiger partial charge on any atom is 0.277 e. The van der Waals surface area contributed by atoms with Crippen molar-refractivity contribution in [2.75, 3.05) is 23.7 Å². The predicted molar refractivity (Wildman–Crippen MR) is 114 cm³/mol. The highest BCUT2D eigenvalue weighted by Crippen LogP contribution is 2.24. The Morgan fingerprint density at radius 3 is 2.52 bits per heavy atom. The van der Waals surface area contributed by atoms with Crippen molar-refractivity contribution < 1.29 is 18.8 Å². The lowest BCUT2D eigenvalue weighted by Crippen LogP contribution is -2.59. The van der Waals surface area contributed by atoms with Gasteiger partial charge in [0.15, 0.2) is 0 Å². The van der Waals surface area contributed by atoms with E-state index in [0.29, 0.717) is 22.2 Å². The summed E-state index contributed by atoms with van der Waals surface area (Å²) in [4.78, 5) is 38.4. The highest BCUT2D eigenvalue weighted by atomic mass is 35.5. The highest BCUT2D eigenvalue weighted by Gasteiger charge is 2.31. The van der Waals surface area contributed by atoms with Crippen molar-refractivity contribution in [1.82, 2.24) is 20.6 Å². The van der Waals surface area contributed by atoms with Crippen molar-refractivity contribution in [1.29, 1.82) is 0 Å². The van der Waals surface area contributed by atoms with Crippen LogP contribution in [0.2, 0.25) is 5.02 Å². The summed E-state index contributed by atoms with van der Waals surface area (Å²) < 4.78 is 5.53. The summed E-state index contributed by atoms with van der Waals surface area (Å²) in [7, 11) is 0. The van der Waals surface area contributed by atoms with Crippen molar-refractivity contribution in [3.63, 3.8) is 0 Å². The second-order valence-electron chi connectivity index (χ2n) is 6.50. The second-order valence-corrected chi connectivity index (χ2v) is 7.86. The minimum absolute atomic E-state index is 0.0668. The van der Waals surface area contributed by atoms with E-state index in [-0.39, 0.29) is 35.9 Å². The van der Waals surface area contributed by atoms with Gasteiger partial charge in [-0.15, -0.1) is 10.2 Å². The number of nitrogens with zero attached hydrogens (tertiary/aromatic N) is 4. The first kappa shape index (κ1) is 20.9. The number of halogens is 1. The number of aromatic nitrogens is 2. The number of amides is 3. The van der Waals surface area contributed by atoms with Crippen molar-refractivity contribution in [3.8, 4) is 11.5 Å². The third kappa shape index (κ3) is 5.04. The molecule has 1 N–H and O–H groups in total. The molecule has 1 aliphatic rings. The number of thioether (sulfide) groups is 1. The van der Waals surface area contributed by atoms with E-state index in [4.69, 9.17) is 16.0 Å². The Kier molecular flexibility index (Phi) is 6.19. The van der Waals surface area contributed by atoms with E-state index in [1.165, 1.54) is 4.90 Å². The summed E-state index contributed by atoms with van der Waals surface area (Å²) in [5.74, 6) is -0.904. The molecule has 4 rings (SSSR count). The number of anilines is 1. The quantitative estimate of drug-likeness (QED) is 0.566. The molecule has 0 radical (unpaired) electrons. The molecule has 11 heteroatoms. The number of rotatable bonds is 6. The molecule has 1 saturated heterocycles. The Balaban J connectivity index is 1.30. The average Bonchev–Trinajstić information content (AvgIpc) is 3.25. The molecule has 0 bridgehead atoms. The molecule has 158 valence electrons. The van der Waals surface area contributed by atoms with Crippen LogP contribution in [0.1, 0.15) is 0 Å². The number of carbonyl (C=O) groups excluding carboxylic acids is 3. The van der Waals surface area contributed by atoms with Crippen LogP contribution in [0.3, 0.4) is 0 Å². The Bertz CT molecular complexity index is 1110. The first-order valence-corrected chi connectivity index (χ1v) is 10.5. The van der Waals surface area contributed by atoms with Crippen LogP contribution in [0.5, 0.6) is 0 Å². The predicted octanol–water partition coefficient (Wildman–Crippen LogP) is 2.39. The van der Waals surface area contributed by atoms with E-state index < -0.39 is 5.91 Å². The Labute approximate surface area is 186 Å². The van der Waals surface area contributed by atoms with Gasteiger partial charge in [0.25, 0.3) is 11.1 Å². The molecule has 2 aromatic carbocycles. The molecule has 1 aromatic heterocycles. The van der Waals surface area contributed by atoms with Gasteiger partial charge in [0.2, 0.25) is 17.7 Å². The van der Waals surface area contributed by atoms with Crippen LogP contribution in [0, 0.1) is 0 Å². The molecular weight excluding hydrogens is 442 g/mol. The van der Waals surface area contributed by atoms with E-state index in [1.54, 1.807) is 48.5 Å². The van der Waals surface area contributed by atoms with Crippen LogP contribution in [-0.4, -0.2) is 51.8 Å². The summed E-state index contributed by atoms with van der Waals surface area (Å²) >= 11 is 6.88. The van der Waals surface area contributed by atoms with E-state index in [2.05, 4.69) is 15.6 Å². The topological polar surface area (TPSA) is 109 Å². The standard InChI is InChI=1S/C20H16ClN5O4S/c21-14-8-6-13(7-9-14)19-22-23-20(30-19)31-12-16(27)24-26-11-17(28)25(10-18(26)29)15-4-2-1-3-5-15/h1-9H,10-12H2,(H,24,27). The minimum Gasteiger partial charge on any atom is -0.411 e. The van der Waals surface area contributed by atoms with Crippen LogP contribution >= 0.6 is 23.4 Å². The summed E-state index contributed by atoms with van der Waals surface area (Å²) in [5.41, 5.74) is 3.79. The lowest BCUT2D eigenvalue weighted by Gasteiger charge is -2.33. The number of nitrogens with one attached hydrogen (secondary N) is 1. The zero-order valence-corrected chi connectivity index (χ0v) is 17.6. The first-order valence-electron chi connectivity index (χ1n) is 9.17. The summed E-state index contributed by atoms with van der Waals surface area (Å²) in [5, 5.41) is 9.66. The molecule has 3 aromatic rings. The van der Waals surface area contributed by atoms with Gasteiger partial charge in [-0.3, -0.25) is 19.8 Å². The maximum absolute atomic E-state index is 12.4. The van der Waals surface area contributed by atoms with Crippen LogP contribution in [-0.2, 0) is 14.4 Å². The summed E-state index contributed by atoms with van der Waals surface area (Å²) in [6, 6.07) is 15.8. The Hall–Kier alpha value is -3.37. The van der Waals surface area contributed by atoms with Gasteiger partial charge in [0, 0.05) is 16.3 Å². The second kappa shape index (κ2) is 9.19. The third-order valence-corrected chi connectivity index (χ3v) is 5.41. The minimum atomic E-state index is -0.467. The maximum atomic E-state index is 12.4. The largest absolute Gasteiger partial charge is 0.411 e. The van der Waals surface area contributed by atoms with Crippen molar-refractivity contribution in [3.05, 3.63) is 59.6 Å². The SMILES string of the molecule is O=C(CSc1nnc(-c2ccc(Cl)cc2)o1)NN1CC(=O)N(c2ccccc2)CC1=O. The molecule has 31 heavy (non-hydrogen) atoms. The highest BCUT2D eigenvalue weighted by molar-refractivity contribution is 7.99. The van der Waals surface area contributed by atoms with Crippen LogP contribution < -0.4 is 10.3 Å². The third-order valence-electron chi connectivity index (χ3n) is 4.34. The van der Waals surface area contributed by atoms with Gasteiger partial charge in [-0.25, -0.2) is 5.01 Å². The number of hydrogen-bond donors (Lipinski definition) is 1.